The number of hydrogen-bond donors (Lipinski definition) is 0. The van der Waals surface area contributed by atoms with Gasteiger partial charge < -0.3 is 4.74 Å². The summed E-state index contributed by atoms with van der Waals surface area (Å²) in [5.41, 5.74) is 0.590. The van der Waals surface area contributed by atoms with Gasteiger partial charge in [0.15, 0.2) is 0 Å². The molecule has 1 rings (SSSR count). The molecule has 1 heterocycles. The third kappa shape index (κ3) is 1.49. The lowest BCUT2D eigenvalue weighted by Crippen LogP contribution is -2.00. The number of carbonyl (C=O) groups excluding carboxylic acids is 1. The van der Waals surface area contributed by atoms with Crippen molar-refractivity contribution in [2.75, 3.05) is 7.11 Å². The SMILES string of the molecule is C=Cc1sccc1C(=O)OC. The predicted octanol–water partition coefficient (Wildman–Crippen LogP) is 2.18. The van der Waals surface area contributed by atoms with Crippen molar-refractivity contribution in [1.29, 1.82) is 0 Å². The molecule has 0 aliphatic carbocycles. The van der Waals surface area contributed by atoms with E-state index in [4.69, 9.17) is 0 Å². The van der Waals surface area contributed by atoms with E-state index in [1.807, 2.05) is 5.38 Å². The van der Waals surface area contributed by atoms with Gasteiger partial charge in [-0.05, 0) is 11.4 Å². The second-order valence-corrected chi connectivity index (χ2v) is 2.84. The molecule has 0 aromatic carbocycles. The smallest absolute Gasteiger partial charge is 0.339 e. The molecule has 11 heavy (non-hydrogen) atoms. The molecule has 0 spiro atoms. The van der Waals surface area contributed by atoms with Crippen LogP contribution in [0.15, 0.2) is 18.0 Å². The highest BCUT2D eigenvalue weighted by Gasteiger charge is 2.09. The second kappa shape index (κ2) is 3.34. The Balaban J connectivity index is 3.01. The molecule has 0 aliphatic heterocycles. The minimum Gasteiger partial charge on any atom is -0.465 e. The Hall–Kier alpha value is -1.09. The van der Waals surface area contributed by atoms with Gasteiger partial charge >= 0.3 is 5.97 Å². The number of esters is 1. The Kier molecular flexibility index (Phi) is 2.44. The summed E-state index contributed by atoms with van der Waals surface area (Å²) in [5, 5.41) is 1.84. The highest BCUT2D eigenvalue weighted by molar-refractivity contribution is 7.11. The van der Waals surface area contributed by atoms with Crippen LogP contribution < -0.4 is 0 Å². The van der Waals surface area contributed by atoms with Crippen molar-refractivity contribution in [3.8, 4) is 0 Å². The van der Waals surface area contributed by atoms with E-state index in [0.717, 1.165) is 4.88 Å². The van der Waals surface area contributed by atoms with Gasteiger partial charge in [0.1, 0.15) is 0 Å². The molecule has 0 amide bonds. The van der Waals surface area contributed by atoms with Gasteiger partial charge in [-0.2, -0.15) is 0 Å². The molecule has 0 saturated carbocycles. The first-order chi connectivity index (χ1) is 5.29. The fourth-order valence-corrected chi connectivity index (χ4v) is 1.48. The number of ether oxygens (including phenoxy) is 1. The summed E-state index contributed by atoms with van der Waals surface area (Å²) in [6.45, 7) is 3.58. The van der Waals surface area contributed by atoms with E-state index in [1.54, 1.807) is 12.1 Å². The van der Waals surface area contributed by atoms with E-state index < -0.39 is 0 Å². The summed E-state index contributed by atoms with van der Waals surface area (Å²) >= 11 is 1.47. The van der Waals surface area contributed by atoms with E-state index >= 15 is 0 Å². The lowest BCUT2D eigenvalue weighted by Gasteiger charge is -1.95. The zero-order valence-electron chi connectivity index (χ0n) is 6.16. The molecule has 2 nitrogen and oxygen atoms in total. The van der Waals surface area contributed by atoms with Crippen molar-refractivity contribution < 1.29 is 9.53 Å². The number of thiophene rings is 1. The molecule has 0 radical (unpaired) electrons. The molecule has 0 bridgehead atoms. The van der Waals surface area contributed by atoms with Gasteiger partial charge in [-0.25, -0.2) is 4.79 Å². The fraction of sp³-hybridized carbons (Fsp3) is 0.125. The van der Waals surface area contributed by atoms with Gasteiger partial charge in [-0.3, -0.25) is 0 Å². The average Bonchev–Trinajstić information content (AvgIpc) is 2.50. The lowest BCUT2D eigenvalue weighted by atomic mass is 10.2. The van der Waals surface area contributed by atoms with Crippen LogP contribution >= 0.6 is 11.3 Å². The van der Waals surface area contributed by atoms with E-state index in [9.17, 15) is 4.79 Å². The highest BCUT2D eigenvalue weighted by atomic mass is 32.1. The van der Waals surface area contributed by atoms with Crippen molar-refractivity contribution >= 4 is 23.4 Å². The Morgan fingerprint density at radius 2 is 2.55 bits per heavy atom. The van der Waals surface area contributed by atoms with Crippen LogP contribution in [0.3, 0.4) is 0 Å². The zero-order valence-corrected chi connectivity index (χ0v) is 6.98. The standard InChI is InChI=1S/C8H8O2S/c1-3-7-6(4-5-11-7)8(9)10-2/h3-5H,1H2,2H3. The van der Waals surface area contributed by atoms with Crippen molar-refractivity contribution in [1.82, 2.24) is 0 Å². The predicted molar refractivity (Wildman–Crippen MR) is 45.7 cm³/mol. The van der Waals surface area contributed by atoms with Crippen LogP contribution in [-0.2, 0) is 4.74 Å². The van der Waals surface area contributed by atoms with Crippen LogP contribution in [0.5, 0.6) is 0 Å². The quantitative estimate of drug-likeness (QED) is 0.633. The van der Waals surface area contributed by atoms with Gasteiger partial charge in [0, 0.05) is 4.88 Å². The maximum atomic E-state index is 11.0. The number of methoxy groups -OCH3 is 1. The first-order valence-corrected chi connectivity index (χ1v) is 3.95. The van der Waals surface area contributed by atoms with E-state index in [0.29, 0.717) is 5.56 Å². The zero-order chi connectivity index (χ0) is 8.27. The molecule has 0 fully saturated rings. The molecule has 1 aromatic rings. The molecule has 0 saturated heterocycles. The van der Waals surface area contributed by atoms with E-state index in [2.05, 4.69) is 11.3 Å². The van der Waals surface area contributed by atoms with E-state index in [1.165, 1.54) is 18.4 Å². The molecule has 0 atom stereocenters. The van der Waals surface area contributed by atoms with Crippen LogP contribution in [0, 0.1) is 0 Å². The molecule has 0 aliphatic rings. The van der Waals surface area contributed by atoms with Crippen molar-refractivity contribution in [2.45, 2.75) is 0 Å². The summed E-state index contributed by atoms with van der Waals surface area (Å²) in [6.07, 6.45) is 1.65. The second-order valence-electron chi connectivity index (χ2n) is 1.89. The topological polar surface area (TPSA) is 26.3 Å². The molecule has 0 N–H and O–H groups in total. The van der Waals surface area contributed by atoms with Crippen LogP contribution in [0.25, 0.3) is 6.08 Å². The number of carbonyl (C=O) groups is 1. The summed E-state index contributed by atoms with van der Waals surface area (Å²) in [6, 6.07) is 1.73. The van der Waals surface area contributed by atoms with Crippen molar-refractivity contribution in [2.24, 2.45) is 0 Å². The summed E-state index contributed by atoms with van der Waals surface area (Å²) in [5.74, 6) is -0.304. The first kappa shape index (κ1) is 8.01. The largest absolute Gasteiger partial charge is 0.465 e. The monoisotopic (exact) mass is 168 g/mol. The maximum Gasteiger partial charge on any atom is 0.339 e. The van der Waals surface area contributed by atoms with Crippen LogP contribution in [0.1, 0.15) is 15.2 Å². The Morgan fingerprint density at radius 3 is 3.09 bits per heavy atom. The molecule has 0 unspecified atom stereocenters. The maximum absolute atomic E-state index is 11.0. The minimum atomic E-state index is -0.304. The minimum absolute atomic E-state index is 0.304. The van der Waals surface area contributed by atoms with Crippen molar-refractivity contribution in [3.05, 3.63) is 28.5 Å². The van der Waals surface area contributed by atoms with Gasteiger partial charge in [0.2, 0.25) is 0 Å². The van der Waals surface area contributed by atoms with E-state index in [-0.39, 0.29) is 5.97 Å². The van der Waals surface area contributed by atoms with Gasteiger partial charge in [-0.1, -0.05) is 12.7 Å². The third-order valence-corrected chi connectivity index (χ3v) is 2.20. The summed E-state index contributed by atoms with van der Waals surface area (Å²) in [7, 11) is 1.37. The first-order valence-electron chi connectivity index (χ1n) is 3.08. The molecule has 3 heteroatoms. The molecular weight excluding hydrogens is 160 g/mol. The Morgan fingerprint density at radius 1 is 1.82 bits per heavy atom. The Bertz CT molecular complexity index is 275. The van der Waals surface area contributed by atoms with Gasteiger partial charge in [0.05, 0.1) is 12.7 Å². The van der Waals surface area contributed by atoms with Crippen LogP contribution in [-0.4, -0.2) is 13.1 Å². The van der Waals surface area contributed by atoms with Crippen molar-refractivity contribution in [3.63, 3.8) is 0 Å². The summed E-state index contributed by atoms with van der Waals surface area (Å²) in [4.78, 5) is 11.8. The number of hydrogen-bond acceptors (Lipinski definition) is 3. The van der Waals surface area contributed by atoms with Gasteiger partial charge in [-0.15, -0.1) is 11.3 Å². The average molecular weight is 168 g/mol. The van der Waals surface area contributed by atoms with Crippen LogP contribution in [0.4, 0.5) is 0 Å². The van der Waals surface area contributed by atoms with Crippen LogP contribution in [0.2, 0.25) is 0 Å². The fourth-order valence-electron chi connectivity index (χ4n) is 0.758. The normalized spacial score (nSPS) is 9.18. The third-order valence-electron chi connectivity index (χ3n) is 1.29. The number of rotatable bonds is 2. The highest BCUT2D eigenvalue weighted by Crippen LogP contribution is 2.18. The molecule has 1 aromatic heterocycles. The lowest BCUT2D eigenvalue weighted by molar-refractivity contribution is 0.0601. The summed E-state index contributed by atoms with van der Waals surface area (Å²) < 4.78 is 4.56. The molecule has 58 valence electrons. The van der Waals surface area contributed by atoms with Gasteiger partial charge in [0.25, 0.3) is 0 Å². The Labute approximate surface area is 69.1 Å². The molecular formula is C8H8O2S.